The van der Waals surface area contributed by atoms with E-state index in [1.807, 2.05) is 20.8 Å². The Labute approximate surface area is 104 Å². The molecule has 17 heavy (non-hydrogen) atoms. The molecule has 0 amide bonds. The Hall–Kier alpha value is -0.610. The normalized spacial score (nSPS) is 21.2. The molecule has 0 aromatic rings. The lowest BCUT2D eigenvalue weighted by molar-refractivity contribution is -0.160. The van der Waals surface area contributed by atoms with E-state index in [4.69, 9.17) is 9.47 Å². The minimum Gasteiger partial charge on any atom is -0.458 e. The largest absolute Gasteiger partial charge is 0.458 e. The quantitative estimate of drug-likeness (QED) is 0.591. The first kappa shape index (κ1) is 14.5. The first-order valence-corrected chi connectivity index (χ1v) is 6.50. The van der Waals surface area contributed by atoms with Crippen LogP contribution in [0.1, 0.15) is 46.5 Å². The van der Waals surface area contributed by atoms with Crippen molar-refractivity contribution in [3.63, 3.8) is 0 Å². The number of carbonyl (C=O) groups is 1. The topological polar surface area (TPSA) is 47.6 Å². The van der Waals surface area contributed by atoms with Crippen LogP contribution in [0.2, 0.25) is 0 Å². The van der Waals surface area contributed by atoms with Gasteiger partial charge in [0.05, 0.1) is 0 Å². The van der Waals surface area contributed by atoms with Crippen LogP contribution in [0.15, 0.2) is 0 Å². The zero-order chi connectivity index (χ0) is 12.7. The molecule has 0 aromatic heterocycles. The molecule has 0 aliphatic carbocycles. The van der Waals surface area contributed by atoms with E-state index in [-0.39, 0.29) is 12.6 Å². The van der Waals surface area contributed by atoms with Crippen molar-refractivity contribution >= 4 is 5.97 Å². The Balaban J connectivity index is 2.01. The Morgan fingerprint density at radius 2 is 2.12 bits per heavy atom. The van der Waals surface area contributed by atoms with E-state index in [0.717, 1.165) is 13.0 Å². The van der Waals surface area contributed by atoms with Gasteiger partial charge in [-0.3, -0.25) is 0 Å². The van der Waals surface area contributed by atoms with Crippen molar-refractivity contribution in [2.45, 2.75) is 58.1 Å². The first-order chi connectivity index (χ1) is 7.97. The van der Waals surface area contributed by atoms with Crippen LogP contribution in [-0.2, 0) is 14.3 Å². The molecule has 0 bridgehead atoms. The maximum absolute atomic E-state index is 11.3. The third-order valence-electron chi connectivity index (χ3n) is 2.66. The Bertz CT molecular complexity index is 229. The summed E-state index contributed by atoms with van der Waals surface area (Å²) < 4.78 is 10.5. The van der Waals surface area contributed by atoms with Gasteiger partial charge in [0.2, 0.25) is 0 Å². The van der Waals surface area contributed by atoms with Crippen LogP contribution in [0, 0.1) is 0 Å². The summed E-state index contributed by atoms with van der Waals surface area (Å²) in [5, 5.41) is 3.45. The second-order valence-corrected chi connectivity index (χ2v) is 5.57. The van der Waals surface area contributed by atoms with E-state index < -0.39 is 5.60 Å². The van der Waals surface area contributed by atoms with Crippen molar-refractivity contribution in [3.05, 3.63) is 0 Å². The summed E-state index contributed by atoms with van der Waals surface area (Å²) in [5.41, 5.74) is -0.425. The molecule has 100 valence electrons. The number of nitrogens with one attached hydrogen (secondary N) is 1. The molecule has 1 saturated heterocycles. The van der Waals surface area contributed by atoms with Gasteiger partial charge in [0.25, 0.3) is 0 Å². The van der Waals surface area contributed by atoms with E-state index in [2.05, 4.69) is 5.32 Å². The summed E-state index contributed by atoms with van der Waals surface area (Å²) in [7, 11) is 0. The second kappa shape index (κ2) is 6.97. The van der Waals surface area contributed by atoms with Gasteiger partial charge in [-0.15, -0.1) is 0 Å². The SMILES string of the molecule is CC(C)(C)OC(=O)COCC[C@@H]1CCCCN1. The van der Waals surface area contributed by atoms with E-state index in [9.17, 15) is 4.79 Å². The number of ether oxygens (including phenoxy) is 2. The van der Waals surface area contributed by atoms with Crippen molar-refractivity contribution in [1.29, 1.82) is 0 Å². The summed E-state index contributed by atoms with van der Waals surface area (Å²) >= 11 is 0. The number of hydrogen-bond donors (Lipinski definition) is 1. The Morgan fingerprint density at radius 3 is 2.71 bits per heavy atom. The predicted octanol–water partition coefficient (Wildman–Crippen LogP) is 1.88. The minimum absolute atomic E-state index is 0.0595. The highest BCUT2D eigenvalue weighted by Gasteiger charge is 2.16. The van der Waals surface area contributed by atoms with E-state index in [1.54, 1.807) is 0 Å². The molecular weight excluding hydrogens is 218 g/mol. The van der Waals surface area contributed by atoms with Crippen LogP contribution < -0.4 is 5.32 Å². The smallest absolute Gasteiger partial charge is 0.332 e. The van der Waals surface area contributed by atoms with Crippen molar-refractivity contribution in [2.24, 2.45) is 0 Å². The van der Waals surface area contributed by atoms with E-state index in [0.29, 0.717) is 12.6 Å². The molecule has 1 aliphatic rings. The summed E-state index contributed by atoms with van der Waals surface area (Å²) in [6, 6.07) is 0.558. The molecule has 1 aliphatic heterocycles. The number of piperidine rings is 1. The fourth-order valence-electron chi connectivity index (χ4n) is 1.92. The second-order valence-electron chi connectivity index (χ2n) is 5.57. The van der Waals surface area contributed by atoms with Crippen molar-refractivity contribution in [3.8, 4) is 0 Å². The van der Waals surface area contributed by atoms with Gasteiger partial charge in [-0.1, -0.05) is 6.42 Å². The van der Waals surface area contributed by atoms with Crippen molar-refractivity contribution < 1.29 is 14.3 Å². The lowest BCUT2D eigenvalue weighted by Crippen LogP contribution is -2.35. The highest BCUT2D eigenvalue weighted by molar-refractivity contribution is 5.71. The molecule has 0 radical (unpaired) electrons. The lowest BCUT2D eigenvalue weighted by atomic mass is 10.0. The summed E-state index contributed by atoms with van der Waals surface area (Å²) in [5.74, 6) is -0.283. The van der Waals surface area contributed by atoms with Gasteiger partial charge in [0.15, 0.2) is 0 Å². The number of esters is 1. The lowest BCUT2D eigenvalue weighted by Gasteiger charge is -2.23. The van der Waals surface area contributed by atoms with Crippen LogP contribution in [0.4, 0.5) is 0 Å². The third-order valence-corrected chi connectivity index (χ3v) is 2.66. The maximum Gasteiger partial charge on any atom is 0.332 e. The zero-order valence-electron chi connectivity index (χ0n) is 11.3. The van der Waals surface area contributed by atoms with Crippen molar-refractivity contribution in [1.82, 2.24) is 5.32 Å². The zero-order valence-corrected chi connectivity index (χ0v) is 11.3. The molecule has 4 heteroatoms. The van der Waals surface area contributed by atoms with Gasteiger partial charge in [-0.25, -0.2) is 4.79 Å². The van der Waals surface area contributed by atoms with Crippen LogP contribution in [0.3, 0.4) is 0 Å². The Kier molecular flexibility index (Phi) is 5.92. The Morgan fingerprint density at radius 1 is 1.35 bits per heavy atom. The monoisotopic (exact) mass is 243 g/mol. The highest BCUT2D eigenvalue weighted by atomic mass is 16.6. The minimum atomic E-state index is -0.425. The van der Waals surface area contributed by atoms with Gasteiger partial charge in [0.1, 0.15) is 12.2 Å². The van der Waals surface area contributed by atoms with Gasteiger partial charge < -0.3 is 14.8 Å². The number of rotatable bonds is 5. The van der Waals surface area contributed by atoms with Crippen LogP contribution in [-0.4, -0.2) is 37.4 Å². The molecular formula is C13H25NO3. The molecule has 0 unspecified atom stereocenters. The summed E-state index contributed by atoms with van der Waals surface area (Å²) in [4.78, 5) is 11.3. The number of hydrogen-bond acceptors (Lipinski definition) is 4. The third kappa shape index (κ3) is 7.34. The highest BCUT2D eigenvalue weighted by Crippen LogP contribution is 2.10. The molecule has 4 nitrogen and oxygen atoms in total. The average Bonchev–Trinajstić information content (AvgIpc) is 2.23. The molecule has 1 N–H and O–H groups in total. The van der Waals surface area contributed by atoms with Crippen LogP contribution in [0.5, 0.6) is 0 Å². The van der Waals surface area contributed by atoms with Crippen LogP contribution in [0.25, 0.3) is 0 Å². The molecule has 1 fully saturated rings. The molecule has 0 saturated carbocycles. The predicted molar refractivity (Wildman–Crippen MR) is 66.9 cm³/mol. The first-order valence-electron chi connectivity index (χ1n) is 6.50. The molecule has 1 heterocycles. The van der Waals surface area contributed by atoms with Crippen molar-refractivity contribution in [2.75, 3.05) is 19.8 Å². The van der Waals surface area contributed by atoms with E-state index >= 15 is 0 Å². The fourth-order valence-corrected chi connectivity index (χ4v) is 1.92. The van der Waals surface area contributed by atoms with Gasteiger partial charge >= 0.3 is 5.97 Å². The van der Waals surface area contributed by atoms with Gasteiger partial charge in [-0.2, -0.15) is 0 Å². The summed E-state index contributed by atoms with van der Waals surface area (Å²) in [6.07, 6.45) is 4.76. The fraction of sp³-hybridized carbons (Fsp3) is 0.923. The summed E-state index contributed by atoms with van der Waals surface area (Å²) in [6.45, 7) is 7.36. The molecule has 1 rings (SSSR count). The molecule has 1 atom stereocenters. The van der Waals surface area contributed by atoms with Gasteiger partial charge in [0, 0.05) is 12.6 Å². The molecule has 0 aromatic carbocycles. The average molecular weight is 243 g/mol. The molecule has 0 spiro atoms. The standard InChI is InChI=1S/C13H25NO3/c1-13(2,3)17-12(15)10-16-9-7-11-6-4-5-8-14-11/h11,14H,4-10H2,1-3H3/t11-/m0/s1. The number of carbonyl (C=O) groups excluding carboxylic acids is 1. The van der Waals surface area contributed by atoms with E-state index in [1.165, 1.54) is 19.3 Å². The van der Waals surface area contributed by atoms with Gasteiger partial charge in [-0.05, 0) is 46.6 Å². The van der Waals surface area contributed by atoms with Crippen LogP contribution >= 0.6 is 0 Å². The maximum atomic E-state index is 11.3.